The number of nitrogens with zero attached hydrogens (tertiary/aromatic N) is 3. The first kappa shape index (κ1) is 23.1. The molecule has 3 N–H and O–H groups in total. The van der Waals surface area contributed by atoms with E-state index in [0.717, 1.165) is 49.4 Å². The highest BCUT2D eigenvalue weighted by molar-refractivity contribution is 6.07. The Kier molecular flexibility index (Phi) is 6.52. The summed E-state index contributed by atoms with van der Waals surface area (Å²) in [6, 6.07) is 11.9. The number of aromatic amines is 2. The van der Waals surface area contributed by atoms with E-state index in [9.17, 15) is 4.79 Å². The number of carbonyl (C=O) groups excluding carboxylic acids is 1. The molecule has 3 heterocycles. The SMILES string of the molecule is COc1ccc(C(C)C)cc1C(=O)Nc1cn[nH]c1-c1nc2ccc(CN3CCOCC3)cc2[nH]1. The molecule has 182 valence electrons. The van der Waals surface area contributed by atoms with Gasteiger partial charge in [-0.15, -0.1) is 0 Å². The van der Waals surface area contributed by atoms with E-state index in [1.807, 2.05) is 24.3 Å². The van der Waals surface area contributed by atoms with Crippen molar-refractivity contribution in [1.29, 1.82) is 0 Å². The number of methoxy groups -OCH3 is 1. The molecule has 2 aromatic heterocycles. The molecule has 4 aromatic rings. The van der Waals surface area contributed by atoms with Gasteiger partial charge >= 0.3 is 0 Å². The summed E-state index contributed by atoms with van der Waals surface area (Å²) in [4.78, 5) is 23.7. The average Bonchev–Trinajstić information content (AvgIpc) is 3.50. The van der Waals surface area contributed by atoms with Crippen LogP contribution in [-0.2, 0) is 11.3 Å². The van der Waals surface area contributed by atoms with Crippen molar-refractivity contribution in [1.82, 2.24) is 25.1 Å². The zero-order valence-corrected chi connectivity index (χ0v) is 20.2. The van der Waals surface area contributed by atoms with Gasteiger partial charge in [0.15, 0.2) is 5.82 Å². The van der Waals surface area contributed by atoms with E-state index in [1.54, 1.807) is 13.3 Å². The first-order chi connectivity index (χ1) is 17.0. The predicted molar refractivity (Wildman–Crippen MR) is 135 cm³/mol. The van der Waals surface area contributed by atoms with Crippen LogP contribution in [0.3, 0.4) is 0 Å². The Morgan fingerprint density at radius 1 is 1.20 bits per heavy atom. The Morgan fingerprint density at radius 3 is 2.80 bits per heavy atom. The van der Waals surface area contributed by atoms with E-state index >= 15 is 0 Å². The van der Waals surface area contributed by atoms with E-state index in [1.165, 1.54) is 5.56 Å². The quantitative estimate of drug-likeness (QED) is 0.371. The van der Waals surface area contributed by atoms with Crippen LogP contribution in [0.1, 0.15) is 41.3 Å². The summed E-state index contributed by atoms with van der Waals surface area (Å²) in [5.41, 5.74) is 5.69. The molecule has 0 radical (unpaired) electrons. The van der Waals surface area contributed by atoms with Gasteiger partial charge in [-0.3, -0.25) is 14.8 Å². The van der Waals surface area contributed by atoms with Gasteiger partial charge in [-0.1, -0.05) is 26.0 Å². The molecular formula is C26H30N6O3. The minimum atomic E-state index is -0.268. The third kappa shape index (κ3) is 4.91. The van der Waals surface area contributed by atoms with Crippen molar-refractivity contribution >= 4 is 22.6 Å². The normalized spacial score (nSPS) is 14.5. The van der Waals surface area contributed by atoms with E-state index < -0.39 is 0 Å². The van der Waals surface area contributed by atoms with E-state index in [4.69, 9.17) is 14.5 Å². The van der Waals surface area contributed by atoms with E-state index in [0.29, 0.717) is 34.4 Å². The van der Waals surface area contributed by atoms with Gasteiger partial charge in [0.1, 0.15) is 11.4 Å². The highest BCUT2D eigenvalue weighted by Gasteiger charge is 2.19. The molecule has 1 aliphatic heterocycles. The molecule has 0 atom stereocenters. The molecule has 1 amide bonds. The zero-order valence-electron chi connectivity index (χ0n) is 20.2. The molecule has 5 rings (SSSR count). The number of nitrogens with one attached hydrogen (secondary N) is 3. The lowest BCUT2D eigenvalue weighted by atomic mass is 10.00. The Balaban J connectivity index is 1.38. The number of fused-ring (bicyclic) bond motifs is 1. The number of rotatable bonds is 7. The maximum atomic E-state index is 13.2. The number of benzene rings is 2. The second kappa shape index (κ2) is 9.89. The monoisotopic (exact) mass is 474 g/mol. The van der Waals surface area contributed by atoms with Gasteiger partial charge in [0.25, 0.3) is 5.91 Å². The fraction of sp³-hybridized carbons (Fsp3) is 0.346. The van der Waals surface area contributed by atoms with Gasteiger partial charge in [0.2, 0.25) is 0 Å². The fourth-order valence-electron chi connectivity index (χ4n) is 4.30. The molecule has 0 bridgehead atoms. The van der Waals surface area contributed by atoms with Gasteiger partial charge in [0.05, 0.1) is 48.8 Å². The van der Waals surface area contributed by atoms with Crippen LogP contribution in [0, 0.1) is 0 Å². The second-order valence-corrected chi connectivity index (χ2v) is 9.05. The molecule has 1 aliphatic rings. The lowest BCUT2D eigenvalue weighted by molar-refractivity contribution is 0.0342. The molecule has 9 nitrogen and oxygen atoms in total. The second-order valence-electron chi connectivity index (χ2n) is 9.05. The van der Waals surface area contributed by atoms with Crippen LogP contribution in [0.25, 0.3) is 22.6 Å². The van der Waals surface area contributed by atoms with Crippen LogP contribution >= 0.6 is 0 Å². The van der Waals surface area contributed by atoms with E-state index in [-0.39, 0.29) is 5.91 Å². The Hall–Kier alpha value is -3.69. The fourth-order valence-corrected chi connectivity index (χ4v) is 4.30. The maximum Gasteiger partial charge on any atom is 0.259 e. The van der Waals surface area contributed by atoms with Crippen LogP contribution in [0.2, 0.25) is 0 Å². The molecule has 0 saturated carbocycles. The molecule has 0 aliphatic carbocycles. The summed E-state index contributed by atoms with van der Waals surface area (Å²) in [5.74, 6) is 1.16. The van der Waals surface area contributed by atoms with Crippen molar-refractivity contribution < 1.29 is 14.3 Å². The average molecular weight is 475 g/mol. The molecule has 2 aromatic carbocycles. The summed E-state index contributed by atoms with van der Waals surface area (Å²) >= 11 is 0. The molecule has 9 heteroatoms. The third-order valence-corrected chi connectivity index (χ3v) is 6.32. The number of H-pyrrole nitrogens is 2. The number of imidazole rings is 1. The molecular weight excluding hydrogens is 444 g/mol. The van der Waals surface area contributed by atoms with E-state index in [2.05, 4.69) is 51.4 Å². The molecule has 0 spiro atoms. The molecule has 0 unspecified atom stereocenters. The maximum absolute atomic E-state index is 13.2. The number of aromatic nitrogens is 4. The van der Waals surface area contributed by atoms with Crippen molar-refractivity contribution in [3.05, 3.63) is 59.3 Å². The van der Waals surface area contributed by atoms with Crippen molar-refractivity contribution in [3.8, 4) is 17.3 Å². The van der Waals surface area contributed by atoms with Crippen molar-refractivity contribution in [2.45, 2.75) is 26.3 Å². The van der Waals surface area contributed by atoms with Crippen LogP contribution in [-0.4, -0.2) is 64.4 Å². The zero-order chi connectivity index (χ0) is 24.4. The first-order valence-electron chi connectivity index (χ1n) is 11.8. The van der Waals surface area contributed by atoms with Crippen molar-refractivity contribution in [3.63, 3.8) is 0 Å². The highest BCUT2D eigenvalue weighted by atomic mass is 16.5. The number of ether oxygens (including phenoxy) is 2. The number of hydrogen-bond donors (Lipinski definition) is 3. The van der Waals surface area contributed by atoms with Gasteiger partial charge in [0, 0.05) is 19.6 Å². The van der Waals surface area contributed by atoms with Crippen LogP contribution < -0.4 is 10.1 Å². The summed E-state index contributed by atoms with van der Waals surface area (Å²) in [7, 11) is 1.56. The van der Waals surface area contributed by atoms with Crippen LogP contribution in [0.5, 0.6) is 5.75 Å². The van der Waals surface area contributed by atoms with Crippen molar-refractivity contribution in [2.24, 2.45) is 0 Å². The largest absolute Gasteiger partial charge is 0.496 e. The molecule has 35 heavy (non-hydrogen) atoms. The number of carbonyl (C=O) groups is 1. The van der Waals surface area contributed by atoms with Gasteiger partial charge in [-0.05, 0) is 41.3 Å². The van der Waals surface area contributed by atoms with Gasteiger partial charge in [-0.25, -0.2) is 4.98 Å². The van der Waals surface area contributed by atoms with Crippen molar-refractivity contribution in [2.75, 3.05) is 38.7 Å². The molecule has 1 fully saturated rings. The topological polar surface area (TPSA) is 108 Å². The number of morpholine rings is 1. The lowest BCUT2D eigenvalue weighted by Crippen LogP contribution is -2.35. The third-order valence-electron chi connectivity index (χ3n) is 6.32. The Bertz CT molecular complexity index is 1340. The van der Waals surface area contributed by atoms with Gasteiger partial charge in [-0.2, -0.15) is 5.10 Å². The standard InChI is InChI=1S/C26H30N6O3/c1-16(2)18-5-7-23(34-3)19(13-18)26(33)30-22-14-27-31-24(22)25-28-20-6-4-17(12-21(20)29-25)15-32-8-10-35-11-9-32/h4-7,12-14,16H,8-11,15H2,1-3H3,(H,27,31)(H,28,29)(H,30,33). The van der Waals surface area contributed by atoms with Crippen LogP contribution in [0.15, 0.2) is 42.6 Å². The number of amides is 1. The predicted octanol–water partition coefficient (Wildman–Crippen LogP) is 4.17. The Labute approximate surface area is 203 Å². The summed E-state index contributed by atoms with van der Waals surface area (Å²) in [6.07, 6.45) is 1.59. The highest BCUT2D eigenvalue weighted by Crippen LogP contribution is 2.29. The minimum Gasteiger partial charge on any atom is -0.496 e. The van der Waals surface area contributed by atoms with Crippen LogP contribution in [0.4, 0.5) is 5.69 Å². The van der Waals surface area contributed by atoms with Gasteiger partial charge < -0.3 is 19.8 Å². The minimum absolute atomic E-state index is 0.268. The number of hydrogen-bond acceptors (Lipinski definition) is 6. The summed E-state index contributed by atoms with van der Waals surface area (Å²) in [5, 5.41) is 10.1. The number of anilines is 1. The molecule has 1 saturated heterocycles. The summed E-state index contributed by atoms with van der Waals surface area (Å²) in [6.45, 7) is 8.48. The summed E-state index contributed by atoms with van der Waals surface area (Å²) < 4.78 is 10.9. The first-order valence-corrected chi connectivity index (χ1v) is 11.8. The Morgan fingerprint density at radius 2 is 2.03 bits per heavy atom. The lowest BCUT2D eigenvalue weighted by Gasteiger charge is -2.26. The smallest absolute Gasteiger partial charge is 0.259 e.